The number of hydrogen-bond acceptors (Lipinski definition) is 5. The third kappa shape index (κ3) is 6.56. The number of carbonyl (C=O) groups excluding carboxylic acids is 2. The molecule has 3 aromatic rings. The van der Waals surface area contributed by atoms with E-state index in [-0.39, 0.29) is 23.5 Å². The molecule has 0 aromatic heterocycles. The van der Waals surface area contributed by atoms with Crippen LogP contribution in [0.5, 0.6) is 11.5 Å². The average molecular weight is 542 g/mol. The zero-order chi connectivity index (χ0) is 29.2. The summed E-state index contributed by atoms with van der Waals surface area (Å²) < 4.78 is 11.8. The average Bonchev–Trinajstić information content (AvgIpc) is 3.12. The standard InChI is InChI=1S/C34H39NO5/c1-21(2)20-39-28-16-13-26(18-23(28)4)31(36)29-30(25-10-8-9-22(3)17-25)35(33(38)32(29)37)19-24-11-14-27(15-12-24)40-34(5,6)7/h8-18,21,30,36H,19-20H2,1-7H3/b31-29-. The Morgan fingerprint density at radius 3 is 2.27 bits per heavy atom. The summed E-state index contributed by atoms with van der Waals surface area (Å²) in [4.78, 5) is 28.4. The lowest BCUT2D eigenvalue weighted by Gasteiger charge is -2.26. The van der Waals surface area contributed by atoms with Crippen LogP contribution in [0.1, 0.15) is 68.5 Å². The highest BCUT2D eigenvalue weighted by molar-refractivity contribution is 6.46. The predicted molar refractivity (Wildman–Crippen MR) is 157 cm³/mol. The molecular weight excluding hydrogens is 502 g/mol. The van der Waals surface area contributed by atoms with E-state index in [1.54, 1.807) is 18.2 Å². The Labute approximate surface area is 237 Å². The van der Waals surface area contributed by atoms with Crippen molar-refractivity contribution >= 4 is 17.4 Å². The van der Waals surface area contributed by atoms with Gasteiger partial charge in [-0.15, -0.1) is 0 Å². The zero-order valence-corrected chi connectivity index (χ0v) is 24.4. The maximum Gasteiger partial charge on any atom is 0.295 e. The number of amides is 1. The summed E-state index contributed by atoms with van der Waals surface area (Å²) in [5.41, 5.74) is 3.67. The van der Waals surface area contributed by atoms with Gasteiger partial charge in [0.2, 0.25) is 0 Å². The quantitative estimate of drug-likeness (QED) is 0.186. The van der Waals surface area contributed by atoms with Crippen LogP contribution in [0, 0.1) is 19.8 Å². The van der Waals surface area contributed by atoms with Gasteiger partial charge < -0.3 is 19.5 Å². The molecule has 1 aliphatic heterocycles. The molecule has 6 heteroatoms. The number of ether oxygens (including phenoxy) is 2. The Kier molecular flexibility index (Phi) is 8.38. The van der Waals surface area contributed by atoms with E-state index in [2.05, 4.69) is 13.8 Å². The van der Waals surface area contributed by atoms with Crippen LogP contribution in [0.15, 0.2) is 72.3 Å². The van der Waals surface area contributed by atoms with E-state index in [1.165, 1.54) is 4.90 Å². The molecule has 1 fully saturated rings. The van der Waals surface area contributed by atoms with Crippen molar-refractivity contribution < 1.29 is 24.2 Å². The Balaban J connectivity index is 1.73. The van der Waals surface area contributed by atoms with Gasteiger partial charge in [-0.1, -0.05) is 55.8 Å². The molecule has 0 saturated carbocycles. The maximum atomic E-state index is 13.5. The van der Waals surface area contributed by atoms with Crippen LogP contribution in [-0.2, 0) is 16.1 Å². The number of rotatable bonds is 8. The molecule has 1 heterocycles. The number of Topliss-reactive ketones (excluding diaryl/α,β-unsaturated/α-hetero) is 1. The van der Waals surface area contributed by atoms with Gasteiger partial charge in [0.25, 0.3) is 11.7 Å². The maximum absolute atomic E-state index is 13.5. The summed E-state index contributed by atoms with van der Waals surface area (Å²) in [6.07, 6.45) is 0. The van der Waals surface area contributed by atoms with Crippen LogP contribution in [-0.4, -0.2) is 33.9 Å². The minimum Gasteiger partial charge on any atom is -0.507 e. The van der Waals surface area contributed by atoms with Gasteiger partial charge in [0.15, 0.2) is 0 Å². The van der Waals surface area contributed by atoms with E-state index < -0.39 is 17.7 Å². The molecule has 6 nitrogen and oxygen atoms in total. The van der Waals surface area contributed by atoms with Gasteiger partial charge in [0.1, 0.15) is 22.9 Å². The van der Waals surface area contributed by atoms with Crippen LogP contribution in [0.3, 0.4) is 0 Å². The molecule has 0 aliphatic carbocycles. The minimum atomic E-state index is -0.734. The highest BCUT2D eigenvalue weighted by Crippen LogP contribution is 2.41. The zero-order valence-electron chi connectivity index (χ0n) is 24.4. The second-order valence-corrected chi connectivity index (χ2v) is 11.9. The van der Waals surface area contributed by atoms with Gasteiger partial charge >= 0.3 is 0 Å². The fourth-order valence-electron chi connectivity index (χ4n) is 4.81. The van der Waals surface area contributed by atoms with Crippen molar-refractivity contribution in [2.75, 3.05) is 6.61 Å². The van der Waals surface area contributed by atoms with E-state index in [9.17, 15) is 14.7 Å². The number of aliphatic hydroxyl groups is 1. The van der Waals surface area contributed by atoms with Crippen LogP contribution in [0.25, 0.3) is 5.76 Å². The number of hydrogen-bond donors (Lipinski definition) is 1. The highest BCUT2D eigenvalue weighted by Gasteiger charge is 2.46. The number of carbonyl (C=O) groups is 2. The second kappa shape index (κ2) is 11.6. The monoisotopic (exact) mass is 541 g/mol. The third-order valence-corrected chi connectivity index (χ3v) is 6.62. The van der Waals surface area contributed by atoms with Crippen molar-refractivity contribution in [3.8, 4) is 11.5 Å². The van der Waals surface area contributed by atoms with Crippen molar-refractivity contribution in [1.82, 2.24) is 4.90 Å². The highest BCUT2D eigenvalue weighted by atomic mass is 16.5. The summed E-state index contributed by atoms with van der Waals surface area (Å²) in [6, 6.07) is 19.8. The van der Waals surface area contributed by atoms with Gasteiger partial charge in [0.05, 0.1) is 18.2 Å². The fourth-order valence-corrected chi connectivity index (χ4v) is 4.81. The minimum absolute atomic E-state index is 0.0820. The number of aryl methyl sites for hydroxylation is 2. The summed E-state index contributed by atoms with van der Waals surface area (Å²) in [6.45, 7) is 14.7. The van der Waals surface area contributed by atoms with Crippen molar-refractivity contribution in [2.45, 2.75) is 66.7 Å². The first-order valence-electron chi connectivity index (χ1n) is 13.7. The Bertz CT molecular complexity index is 1430. The molecule has 1 aliphatic rings. The van der Waals surface area contributed by atoms with E-state index in [1.807, 2.05) is 83.1 Å². The lowest BCUT2D eigenvalue weighted by atomic mass is 9.94. The summed E-state index contributed by atoms with van der Waals surface area (Å²) >= 11 is 0. The van der Waals surface area contributed by atoms with Crippen molar-refractivity contribution in [2.24, 2.45) is 5.92 Å². The van der Waals surface area contributed by atoms with Crippen LogP contribution in [0.4, 0.5) is 0 Å². The van der Waals surface area contributed by atoms with E-state index in [0.717, 1.165) is 33.8 Å². The first-order valence-corrected chi connectivity index (χ1v) is 13.7. The lowest BCUT2D eigenvalue weighted by molar-refractivity contribution is -0.140. The summed E-state index contributed by atoms with van der Waals surface area (Å²) in [5, 5.41) is 11.5. The number of likely N-dealkylation sites (tertiary alicyclic amines) is 1. The number of aliphatic hydroxyl groups excluding tert-OH is 1. The number of benzene rings is 3. The van der Waals surface area contributed by atoms with Gasteiger partial charge in [-0.25, -0.2) is 0 Å². The summed E-state index contributed by atoms with van der Waals surface area (Å²) in [5.74, 6) is 0.288. The molecule has 3 aromatic carbocycles. The van der Waals surface area contributed by atoms with Crippen LogP contribution < -0.4 is 9.47 Å². The summed E-state index contributed by atoms with van der Waals surface area (Å²) in [7, 11) is 0. The van der Waals surface area contributed by atoms with Gasteiger partial charge in [-0.3, -0.25) is 9.59 Å². The van der Waals surface area contributed by atoms with Crippen molar-refractivity contribution in [3.05, 3.63) is 100 Å². The van der Waals surface area contributed by atoms with Gasteiger partial charge in [-0.05, 0) is 87.6 Å². The second-order valence-electron chi connectivity index (χ2n) is 11.9. The van der Waals surface area contributed by atoms with Crippen molar-refractivity contribution in [3.63, 3.8) is 0 Å². The number of ketones is 1. The van der Waals surface area contributed by atoms with Crippen molar-refractivity contribution in [1.29, 1.82) is 0 Å². The molecule has 0 bridgehead atoms. The first-order chi connectivity index (χ1) is 18.8. The smallest absolute Gasteiger partial charge is 0.295 e. The van der Waals surface area contributed by atoms with E-state index in [0.29, 0.717) is 18.1 Å². The van der Waals surface area contributed by atoms with E-state index >= 15 is 0 Å². The lowest BCUT2D eigenvalue weighted by Crippen LogP contribution is -2.29. The molecule has 1 N–H and O–H groups in total. The topological polar surface area (TPSA) is 76.1 Å². The molecule has 0 spiro atoms. The molecule has 1 unspecified atom stereocenters. The number of nitrogens with zero attached hydrogens (tertiary/aromatic N) is 1. The van der Waals surface area contributed by atoms with Crippen LogP contribution in [0.2, 0.25) is 0 Å². The third-order valence-electron chi connectivity index (χ3n) is 6.62. The Morgan fingerprint density at radius 1 is 0.975 bits per heavy atom. The normalized spacial score (nSPS) is 17.0. The fraction of sp³-hybridized carbons (Fsp3) is 0.353. The molecule has 40 heavy (non-hydrogen) atoms. The molecule has 1 saturated heterocycles. The first kappa shape index (κ1) is 28.9. The Morgan fingerprint density at radius 2 is 1.68 bits per heavy atom. The van der Waals surface area contributed by atoms with Crippen LogP contribution >= 0.6 is 0 Å². The van der Waals surface area contributed by atoms with Gasteiger partial charge in [-0.2, -0.15) is 0 Å². The molecule has 210 valence electrons. The molecular formula is C34H39NO5. The Hall–Kier alpha value is -4.06. The predicted octanol–water partition coefficient (Wildman–Crippen LogP) is 7.14. The SMILES string of the molecule is Cc1cccc(C2/C(=C(/O)c3ccc(OCC(C)C)c(C)c3)C(=O)C(=O)N2Cc2ccc(OC(C)(C)C)cc2)c1. The molecule has 0 radical (unpaired) electrons. The largest absolute Gasteiger partial charge is 0.507 e. The van der Waals surface area contributed by atoms with Gasteiger partial charge in [0, 0.05) is 12.1 Å². The molecule has 1 atom stereocenters. The molecule has 4 rings (SSSR count). The molecule has 1 amide bonds. The van der Waals surface area contributed by atoms with E-state index in [4.69, 9.17) is 9.47 Å².